The highest BCUT2D eigenvalue weighted by atomic mass is 16.6. The largest absolute Gasteiger partial charge is 0.385 e. The number of rotatable bonds is 7. The average Bonchev–Trinajstić information content (AvgIpc) is 2.55. The number of hydrogen-bond acceptors (Lipinski definition) is 4. The fraction of sp³-hybridized carbons (Fsp3) is 0.235. The van der Waals surface area contributed by atoms with Crippen LogP contribution in [-0.4, -0.2) is 11.5 Å². The number of nitrogens with zero attached hydrogens (tertiary/aromatic N) is 2. The molecule has 0 aliphatic rings. The molecule has 0 spiro atoms. The van der Waals surface area contributed by atoms with Gasteiger partial charge in [0.1, 0.15) is 0 Å². The van der Waals surface area contributed by atoms with Gasteiger partial charge in [-0.15, -0.1) is 0 Å². The van der Waals surface area contributed by atoms with E-state index in [0.29, 0.717) is 5.56 Å². The van der Waals surface area contributed by atoms with Gasteiger partial charge in [0.15, 0.2) is 0 Å². The minimum atomic E-state index is -0.386. The Morgan fingerprint density at radius 1 is 1.14 bits per heavy atom. The molecule has 0 saturated carbocycles. The molecule has 22 heavy (non-hydrogen) atoms. The van der Waals surface area contributed by atoms with Gasteiger partial charge in [-0.2, -0.15) is 5.26 Å². The minimum absolute atomic E-state index is 0.128. The third-order valence-electron chi connectivity index (χ3n) is 3.36. The number of benzene rings is 2. The lowest BCUT2D eigenvalue weighted by Gasteiger charge is -2.06. The number of hydrogen-bond donors (Lipinski definition) is 1. The second-order valence-electron chi connectivity index (χ2n) is 5.00. The Morgan fingerprint density at radius 2 is 1.91 bits per heavy atom. The fourth-order valence-electron chi connectivity index (χ4n) is 2.17. The Morgan fingerprint density at radius 3 is 2.59 bits per heavy atom. The van der Waals surface area contributed by atoms with Crippen LogP contribution >= 0.6 is 0 Å². The van der Waals surface area contributed by atoms with E-state index in [1.807, 2.05) is 30.3 Å². The van der Waals surface area contributed by atoms with E-state index in [0.717, 1.165) is 37.1 Å². The van der Waals surface area contributed by atoms with Gasteiger partial charge in [-0.05, 0) is 43.0 Å². The van der Waals surface area contributed by atoms with Crippen molar-refractivity contribution in [3.63, 3.8) is 0 Å². The maximum atomic E-state index is 10.6. The highest BCUT2D eigenvalue weighted by Crippen LogP contribution is 2.14. The first-order chi connectivity index (χ1) is 10.7. The fourth-order valence-corrected chi connectivity index (χ4v) is 2.17. The second kappa shape index (κ2) is 7.79. The van der Waals surface area contributed by atoms with Crippen LogP contribution in [0.15, 0.2) is 48.5 Å². The van der Waals surface area contributed by atoms with Crippen molar-refractivity contribution in [1.29, 1.82) is 5.26 Å². The lowest BCUT2D eigenvalue weighted by Crippen LogP contribution is -2.02. The molecule has 2 rings (SSSR count). The van der Waals surface area contributed by atoms with Gasteiger partial charge < -0.3 is 5.32 Å². The summed E-state index contributed by atoms with van der Waals surface area (Å²) in [5, 5.41) is 22.7. The normalized spacial score (nSPS) is 9.95. The van der Waals surface area contributed by atoms with Crippen molar-refractivity contribution in [1.82, 2.24) is 0 Å². The summed E-state index contributed by atoms with van der Waals surface area (Å²) in [6.07, 6.45) is 2.90. The second-order valence-corrected chi connectivity index (χ2v) is 5.00. The van der Waals surface area contributed by atoms with Crippen LogP contribution < -0.4 is 5.32 Å². The molecule has 0 radical (unpaired) electrons. The number of nitriles is 1. The van der Waals surface area contributed by atoms with Crippen LogP contribution in [0.2, 0.25) is 0 Å². The van der Waals surface area contributed by atoms with E-state index in [1.54, 1.807) is 18.2 Å². The molecule has 0 aliphatic carbocycles. The number of non-ortho nitro benzene ring substituents is 1. The molecular formula is C17H17N3O2. The summed E-state index contributed by atoms with van der Waals surface area (Å²) in [4.78, 5) is 10.2. The smallest absolute Gasteiger partial charge is 0.269 e. The molecule has 0 bridgehead atoms. The van der Waals surface area contributed by atoms with E-state index < -0.39 is 0 Å². The number of nitro benzene ring substituents is 1. The summed E-state index contributed by atoms with van der Waals surface area (Å²) in [6, 6.07) is 16.2. The monoisotopic (exact) mass is 295 g/mol. The number of unbranched alkanes of at least 4 members (excludes halogenated alkanes) is 1. The maximum absolute atomic E-state index is 10.6. The zero-order valence-corrected chi connectivity index (χ0v) is 12.2. The Labute approximate surface area is 129 Å². The van der Waals surface area contributed by atoms with Crippen LogP contribution in [-0.2, 0) is 6.42 Å². The molecule has 1 N–H and O–H groups in total. The van der Waals surface area contributed by atoms with Crippen molar-refractivity contribution in [3.8, 4) is 6.07 Å². The van der Waals surface area contributed by atoms with Gasteiger partial charge in [0.25, 0.3) is 5.69 Å². The van der Waals surface area contributed by atoms with E-state index in [1.165, 1.54) is 0 Å². The molecular weight excluding hydrogens is 278 g/mol. The van der Waals surface area contributed by atoms with E-state index in [2.05, 4.69) is 11.4 Å². The molecule has 0 unspecified atom stereocenters. The summed E-state index contributed by atoms with van der Waals surface area (Å²) in [6.45, 7) is 0.835. The number of aryl methyl sites for hydroxylation is 1. The first kappa shape index (κ1) is 15.5. The summed E-state index contributed by atoms with van der Waals surface area (Å²) < 4.78 is 0. The van der Waals surface area contributed by atoms with Gasteiger partial charge in [-0.3, -0.25) is 10.1 Å². The van der Waals surface area contributed by atoms with Crippen LogP contribution in [0, 0.1) is 21.4 Å². The Hall–Kier alpha value is -2.87. The zero-order valence-electron chi connectivity index (χ0n) is 12.2. The molecule has 0 amide bonds. The first-order valence-corrected chi connectivity index (χ1v) is 7.16. The Balaban J connectivity index is 1.71. The molecule has 0 saturated heterocycles. The Bertz CT molecular complexity index is 675. The van der Waals surface area contributed by atoms with Crippen molar-refractivity contribution < 1.29 is 4.92 Å². The van der Waals surface area contributed by atoms with Gasteiger partial charge in [-0.1, -0.05) is 18.2 Å². The van der Waals surface area contributed by atoms with Gasteiger partial charge >= 0.3 is 0 Å². The van der Waals surface area contributed by atoms with Gasteiger partial charge in [0, 0.05) is 24.4 Å². The van der Waals surface area contributed by atoms with Crippen LogP contribution in [0.1, 0.15) is 24.0 Å². The van der Waals surface area contributed by atoms with E-state index in [-0.39, 0.29) is 10.6 Å². The standard InChI is InChI=1S/C17H17N3O2/c18-13-15-5-3-6-16(12-15)19-11-2-1-4-14-7-9-17(10-8-14)20(21)22/h3,5-10,12,19H,1-2,4,11H2. The molecule has 0 fully saturated rings. The van der Waals surface area contributed by atoms with E-state index >= 15 is 0 Å². The third kappa shape index (κ3) is 4.60. The molecule has 2 aromatic rings. The first-order valence-electron chi connectivity index (χ1n) is 7.16. The van der Waals surface area contributed by atoms with Gasteiger partial charge in [-0.25, -0.2) is 0 Å². The lowest BCUT2D eigenvalue weighted by atomic mass is 10.1. The number of nitro groups is 1. The van der Waals surface area contributed by atoms with Crippen LogP contribution in [0.5, 0.6) is 0 Å². The van der Waals surface area contributed by atoms with Crippen molar-refractivity contribution in [2.75, 3.05) is 11.9 Å². The highest BCUT2D eigenvalue weighted by Gasteiger charge is 2.03. The molecule has 5 heteroatoms. The molecule has 2 aromatic carbocycles. The topological polar surface area (TPSA) is 79.0 Å². The summed E-state index contributed by atoms with van der Waals surface area (Å²) in [5.74, 6) is 0. The van der Waals surface area contributed by atoms with Crippen molar-refractivity contribution in [3.05, 3.63) is 69.8 Å². The molecule has 0 aromatic heterocycles. The summed E-state index contributed by atoms with van der Waals surface area (Å²) in [7, 11) is 0. The van der Waals surface area contributed by atoms with Crippen LogP contribution in [0.25, 0.3) is 0 Å². The predicted octanol–water partition coefficient (Wildman–Crippen LogP) is 3.90. The van der Waals surface area contributed by atoms with Crippen molar-refractivity contribution >= 4 is 11.4 Å². The van der Waals surface area contributed by atoms with Gasteiger partial charge in [0.05, 0.1) is 16.6 Å². The maximum Gasteiger partial charge on any atom is 0.269 e. The average molecular weight is 295 g/mol. The summed E-state index contributed by atoms with van der Waals surface area (Å²) in [5.41, 5.74) is 2.84. The number of anilines is 1. The molecule has 5 nitrogen and oxygen atoms in total. The zero-order chi connectivity index (χ0) is 15.8. The number of nitrogens with one attached hydrogen (secondary N) is 1. The molecule has 0 atom stereocenters. The van der Waals surface area contributed by atoms with Crippen molar-refractivity contribution in [2.24, 2.45) is 0 Å². The van der Waals surface area contributed by atoms with Crippen LogP contribution in [0.3, 0.4) is 0 Å². The lowest BCUT2D eigenvalue weighted by molar-refractivity contribution is -0.384. The quantitative estimate of drug-likeness (QED) is 0.477. The van der Waals surface area contributed by atoms with E-state index in [4.69, 9.17) is 5.26 Å². The third-order valence-corrected chi connectivity index (χ3v) is 3.36. The molecule has 112 valence electrons. The predicted molar refractivity (Wildman–Crippen MR) is 85.7 cm³/mol. The van der Waals surface area contributed by atoms with Gasteiger partial charge in [0.2, 0.25) is 0 Å². The molecule has 0 heterocycles. The van der Waals surface area contributed by atoms with Crippen molar-refractivity contribution in [2.45, 2.75) is 19.3 Å². The van der Waals surface area contributed by atoms with E-state index in [9.17, 15) is 10.1 Å². The highest BCUT2D eigenvalue weighted by molar-refractivity contribution is 5.48. The summed E-state index contributed by atoms with van der Waals surface area (Å²) >= 11 is 0. The SMILES string of the molecule is N#Cc1cccc(NCCCCc2ccc([N+](=O)[O-])cc2)c1. The molecule has 0 aliphatic heterocycles. The van der Waals surface area contributed by atoms with Crippen LogP contribution in [0.4, 0.5) is 11.4 Å². The Kier molecular flexibility index (Phi) is 5.50. The minimum Gasteiger partial charge on any atom is -0.385 e.